The van der Waals surface area contributed by atoms with Crippen molar-refractivity contribution in [1.82, 2.24) is 4.90 Å². The fourth-order valence-electron chi connectivity index (χ4n) is 2.86. The first-order chi connectivity index (χ1) is 8.59. The van der Waals surface area contributed by atoms with E-state index >= 15 is 0 Å². The zero-order chi connectivity index (χ0) is 13.4. The molecule has 1 aliphatic rings. The van der Waals surface area contributed by atoms with E-state index in [1.165, 1.54) is 51.6 Å². The van der Waals surface area contributed by atoms with E-state index in [1.807, 2.05) is 0 Å². The Morgan fingerprint density at radius 1 is 1.28 bits per heavy atom. The Labute approximate surface area is 113 Å². The molecule has 1 saturated heterocycles. The molecule has 3 heteroatoms. The molecule has 0 saturated carbocycles. The highest BCUT2D eigenvalue weighted by Gasteiger charge is 2.23. The van der Waals surface area contributed by atoms with Crippen LogP contribution in [0.15, 0.2) is 0 Å². The van der Waals surface area contributed by atoms with Crippen molar-refractivity contribution >= 4 is 0 Å². The lowest BCUT2D eigenvalue weighted by Crippen LogP contribution is -2.31. The maximum atomic E-state index is 8.91. The third-order valence-electron chi connectivity index (χ3n) is 4.30. The number of hydrogen-bond donors (Lipinski definition) is 2. The summed E-state index contributed by atoms with van der Waals surface area (Å²) in [7, 11) is 0. The summed E-state index contributed by atoms with van der Waals surface area (Å²) in [4.78, 5) is 2.63. The molecule has 1 aliphatic heterocycles. The minimum Gasteiger partial charge on any atom is -0.396 e. The molecule has 0 aliphatic carbocycles. The topological polar surface area (TPSA) is 49.5 Å². The van der Waals surface area contributed by atoms with E-state index in [0.717, 1.165) is 19.0 Å². The van der Waals surface area contributed by atoms with Crippen LogP contribution in [0, 0.1) is 5.41 Å². The van der Waals surface area contributed by atoms with Crippen molar-refractivity contribution < 1.29 is 5.11 Å². The highest BCUT2D eigenvalue weighted by Crippen LogP contribution is 2.24. The van der Waals surface area contributed by atoms with E-state index < -0.39 is 0 Å². The smallest absolute Gasteiger partial charge is 0.0431 e. The first-order valence-electron chi connectivity index (χ1n) is 7.64. The number of likely N-dealkylation sites (tertiary alicyclic amines) is 1. The fourth-order valence-corrected chi connectivity index (χ4v) is 2.86. The van der Waals surface area contributed by atoms with Crippen LogP contribution in [0.25, 0.3) is 0 Å². The van der Waals surface area contributed by atoms with Gasteiger partial charge in [-0.25, -0.2) is 0 Å². The van der Waals surface area contributed by atoms with Gasteiger partial charge >= 0.3 is 0 Å². The first-order valence-corrected chi connectivity index (χ1v) is 7.64. The molecule has 3 N–H and O–H groups in total. The number of rotatable bonds is 9. The number of aliphatic hydroxyl groups excluding tert-OH is 1. The van der Waals surface area contributed by atoms with Crippen molar-refractivity contribution in [2.45, 2.75) is 64.8 Å². The molecular formula is C15H32N2O. The second-order valence-corrected chi connectivity index (χ2v) is 6.52. The monoisotopic (exact) mass is 256 g/mol. The van der Waals surface area contributed by atoms with Gasteiger partial charge in [0.25, 0.3) is 0 Å². The van der Waals surface area contributed by atoms with Gasteiger partial charge in [0.2, 0.25) is 0 Å². The predicted octanol–water partition coefficient (Wildman–Crippen LogP) is 2.38. The normalized spacial score (nSPS) is 21.7. The van der Waals surface area contributed by atoms with Crippen LogP contribution >= 0.6 is 0 Å². The molecule has 0 radical (unpaired) electrons. The molecule has 0 bridgehead atoms. The average Bonchev–Trinajstić information content (AvgIpc) is 2.79. The summed E-state index contributed by atoms with van der Waals surface area (Å²) < 4.78 is 0. The highest BCUT2D eigenvalue weighted by atomic mass is 16.2. The first kappa shape index (κ1) is 15.9. The van der Waals surface area contributed by atoms with E-state index in [1.54, 1.807) is 0 Å². The Balaban J connectivity index is 2.14. The zero-order valence-electron chi connectivity index (χ0n) is 12.3. The SMILES string of the molecule is CC(C)(CN)CCCCN1CCCC1CCCO. The second kappa shape index (κ2) is 8.13. The standard InChI is InChI=1S/C15H32N2O/c1-15(2,13-16)9-3-4-10-17-11-5-7-14(17)8-6-12-18/h14,18H,3-13,16H2,1-2H3. The van der Waals surface area contributed by atoms with Crippen molar-refractivity contribution in [3.8, 4) is 0 Å². The number of unbranched alkanes of at least 4 members (excludes halogenated alkanes) is 1. The van der Waals surface area contributed by atoms with E-state index in [4.69, 9.17) is 10.8 Å². The van der Waals surface area contributed by atoms with Gasteiger partial charge in [-0.1, -0.05) is 20.3 Å². The molecule has 1 atom stereocenters. The Kier molecular flexibility index (Phi) is 7.20. The average molecular weight is 256 g/mol. The van der Waals surface area contributed by atoms with Crippen LogP contribution in [-0.4, -0.2) is 42.3 Å². The van der Waals surface area contributed by atoms with Crippen LogP contribution < -0.4 is 5.73 Å². The van der Waals surface area contributed by atoms with Crippen molar-refractivity contribution in [2.75, 3.05) is 26.2 Å². The van der Waals surface area contributed by atoms with Gasteiger partial charge in [0.1, 0.15) is 0 Å². The quantitative estimate of drug-likeness (QED) is 0.623. The number of nitrogens with two attached hydrogens (primary N) is 1. The van der Waals surface area contributed by atoms with Gasteiger partial charge in [-0.15, -0.1) is 0 Å². The van der Waals surface area contributed by atoms with Crippen molar-refractivity contribution in [2.24, 2.45) is 11.1 Å². The third-order valence-corrected chi connectivity index (χ3v) is 4.30. The third kappa shape index (κ3) is 5.68. The van der Waals surface area contributed by atoms with E-state index in [9.17, 15) is 0 Å². The molecule has 0 aromatic heterocycles. The van der Waals surface area contributed by atoms with E-state index in [-0.39, 0.29) is 0 Å². The van der Waals surface area contributed by atoms with Crippen molar-refractivity contribution in [1.29, 1.82) is 0 Å². The maximum Gasteiger partial charge on any atom is 0.0431 e. The lowest BCUT2D eigenvalue weighted by molar-refractivity contribution is 0.209. The van der Waals surface area contributed by atoms with Crippen LogP contribution in [0.2, 0.25) is 0 Å². The van der Waals surface area contributed by atoms with Crippen molar-refractivity contribution in [3.05, 3.63) is 0 Å². The molecule has 3 nitrogen and oxygen atoms in total. The van der Waals surface area contributed by atoms with E-state index in [2.05, 4.69) is 18.7 Å². The summed E-state index contributed by atoms with van der Waals surface area (Å²) in [5, 5.41) is 8.91. The molecule has 18 heavy (non-hydrogen) atoms. The highest BCUT2D eigenvalue weighted by molar-refractivity contribution is 4.79. The lowest BCUT2D eigenvalue weighted by Gasteiger charge is -2.26. The Morgan fingerprint density at radius 3 is 2.72 bits per heavy atom. The summed E-state index contributed by atoms with van der Waals surface area (Å²) in [6, 6.07) is 0.736. The molecule has 0 amide bonds. The van der Waals surface area contributed by atoms with Gasteiger partial charge in [0.15, 0.2) is 0 Å². The van der Waals surface area contributed by atoms with Crippen LogP contribution in [-0.2, 0) is 0 Å². The molecule has 108 valence electrons. The fraction of sp³-hybridized carbons (Fsp3) is 1.00. The van der Waals surface area contributed by atoms with Gasteiger partial charge in [-0.05, 0) is 63.6 Å². The lowest BCUT2D eigenvalue weighted by atomic mass is 9.87. The van der Waals surface area contributed by atoms with Crippen LogP contribution in [0.1, 0.15) is 58.8 Å². The van der Waals surface area contributed by atoms with Crippen LogP contribution in [0.5, 0.6) is 0 Å². The summed E-state index contributed by atoms with van der Waals surface area (Å²) in [5.74, 6) is 0. The predicted molar refractivity (Wildman–Crippen MR) is 77.6 cm³/mol. The minimum absolute atomic E-state index is 0.307. The van der Waals surface area contributed by atoms with Gasteiger partial charge in [-0.2, -0.15) is 0 Å². The summed E-state index contributed by atoms with van der Waals surface area (Å²) in [5.41, 5.74) is 6.06. The molecule has 1 heterocycles. The zero-order valence-corrected chi connectivity index (χ0v) is 12.3. The molecule has 0 spiro atoms. The van der Waals surface area contributed by atoms with Gasteiger partial charge in [-0.3, -0.25) is 0 Å². The molecule has 0 aromatic rings. The number of aliphatic hydroxyl groups is 1. The molecular weight excluding hydrogens is 224 g/mol. The minimum atomic E-state index is 0.307. The Morgan fingerprint density at radius 2 is 2.06 bits per heavy atom. The Bertz CT molecular complexity index is 219. The second-order valence-electron chi connectivity index (χ2n) is 6.52. The Hall–Kier alpha value is -0.120. The summed E-state index contributed by atoms with van der Waals surface area (Å²) >= 11 is 0. The van der Waals surface area contributed by atoms with Crippen LogP contribution in [0.4, 0.5) is 0 Å². The maximum absolute atomic E-state index is 8.91. The summed E-state index contributed by atoms with van der Waals surface area (Å²) in [6.07, 6.45) is 8.61. The summed E-state index contributed by atoms with van der Waals surface area (Å²) in [6.45, 7) is 8.14. The largest absolute Gasteiger partial charge is 0.396 e. The van der Waals surface area contributed by atoms with Gasteiger partial charge in [0, 0.05) is 12.6 Å². The van der Waals surface area contributed by atoms with E-state index in [0.29, 0.717) is 12.0 Å². The van der Waals surface area contributed by atoms with Gasteiger partial charge < -0.3 is 15.7 Å². The molecule has 1 fully saturated rings. The van der Waals surface area contributed by atoms with Crippen molar-refractivity contribution in [3.63, 3.8) is 0 Å². The number of hydrogen-bond acceptors (Lipinski definition) is 3. The molecule has 1 unspecified atom stereocenters. The molecule has 1 rings (SSSR count). The van der Waals surface area contributed by atoms with Crippen LogP contribution in [0.3, 0.4) is 0 Å². The number of nitrogens with zero attached hydrogens (tertiary/aromatic N) is 1. The molecule has 0 aromatic carbocycles. The van der Waals surface area contributed by atoms with Gasteiger partial charge in [0.05, 0.1) is 0 Å².